The lowest BCUT2D eigenvalue weighted by Gasteiger charge is -2.19. The van der Waals surface area contributed by atoms with E-state index in [1.165, 1.54) is 4.90 Å². The Kier molecular flexibility index (Phi) is 7.24. The molecule has 0 aromatic heterocycles. The summed E-state index contributed by atoms with van der Waals surface area (Å²) in [6.07, 6.45) is -0.986. The summed E-state index contributed by atoms with van der Waals surface area (Å²) in [7, 11) is 0. The molecule has 0 aliphatic carbocycles. The molecule has 0 aliphatic heterocycles. The van der Waals surface area contributed by atoms with Crippen LogP contribution in [0.15, 0.2) is 53.0 Å². The van der Waals surface area contributed by atoms with Crippen molar-refractivity contribution in [2.24, 2.45) is 0 Å². The normalized spacial score (nSPS) is 10.6. The summed E-state index contributed by atoms with van der Waals surface area (Å²) in [5, 5.41) is 17.9. The topological polar surface area (TPSA) is 70.0 Å². The van der Waals surface area contributed by atoms with Crippen molar-refractivity contribution in [1.29, 1.82) is 0 Å². The predicted molar refractivity (Wildman–Crippen MR) is 95.9 cm³/mol. The Labute approximate surface area is 149 Å². The maximum absolute atomic E-state index is 11.3. The molecule has 0 atom stereocenters. The van der Waals surface area contributed by atoms with Crippen molar-refractivity contribution in [1.82, 2.24) is 4.90 Å². The summed E-state index contributed by atoms with van der Waals surface area (Å²) in [4.78, 5) is 12.6. The molecule has 2 aromatic carbocycles. The molecule has 2 N–H and O–H groups in total. The number of carboxylic acid groups (broad SMARTS) is 1. The van der Waals surface area contributed by atoms with E-state index in [0.29, 0.717) is 6.54 Å². The van der Waals surface area contributed by atoms with Crippen LogP contribution in [0.25, 0.3) is 11.1 Å². The first-order valence-corrected chi connectivity index (χ1v) is 8.41. The Morgan fingerprint density at radius 3 is 2.12 bits per heavy atom. The lowest BCUT2D eigenvalue weighted by atomic mass is 10.0. The minimum Gasteiger partial charge on any atom is -0.465 e. The van der Waals surface area contributed by atoms with Crippen molar-refractivity contribution in [2.75, 3.05) is 26.4 Å². The molecule has 128 valence electrons. The number of aliphatic hydroxyl groups is 1. The lowest BCUT2D eigenvalue weighted by Crippen LogP contribution is -2.32. The van der Waals surface area contributed by atoms with Gasteiger partial charge in [-0.25, -0.2) is 4.79 Å². The molecule has 2 aromatic rings. The molecule has 1 amide bonds. The summed E-state index contributed by atoms with van der Waals surface area (Å²) in [5.74, 6) is 0. The molecule has 0 bridgehead atoms. The molecule has 6 heteroatoms. The summed E-state index contributed by atoms with van der Waals surface area (Å²) in [5.41, 5.74) is 3.11. The fraction of sp³-hybridized carbons (Fsp3) is 0.278. The van der Waals surface area contributed by atoms with Gasteiger partial charge >= 0.3 is 6.09 Å². The van der Waals surface area contributed by atoms with Gasteiger partial charge in [-0.15, -0.1) is 0 Å². The molecular formula is C18H20BrNO4. The van der Waals surface area contributed by atoms with Gasteiger partial charge in [-0.2, -0.15) is 0 Å². The van der Waals surface area contributed by atoms with E-state index < -0.39 is 6.09 Å². The average molecular weight is 394 g/mol. The molecule has 5 nitrogen and oxygen atoms in total. The molecule has 0 unspecified atom stereocenters. The van der Waals surface area contributed by atoms with Crippen LogP contribution in [-0.4, -0.2) is 47.6 Å². The highest BCUT2D eigenvalue weighted by molar-refractivity contribution is 9.10. The molecule has 0 radical (unpaired) electrons. The van der Waals surface area contributed by atoms with Crippen molar-refractivity contribution in [2.45, 2.75) is 6.54 Å². The van der Waals surface area contributed by atoms with Crippen LogP contribution in [0.3, 0.4) is 0 Å². The molecule has 24 heavy (non-hydrogen) atoms. The Morgan fingerprint density at radius 1 is 1.00 bits per heavy atom. The van der Waals surface area contributed by atoms with E-state index in [4.69, 9.17) is 9.84 Å². The monoisotopic (exact) mass is 393 g/mol. The van der Waals surface area contributed by atoms with Gasteiger partial charge in [0.25, 0.3) is 0 Å². The van der Waals surface area contributed by atoms with E-state index in [1.807, 2.05) is 48.5 Å². The van der Waals surface area contributed by atoms with Gasteiger partial charge in [-0.1, -0.05) is 52.3 Å². The fourth-order valence-electron chi connectivity index (χ4n) is 2.25. The lowest BCUT2D eigenvalue weighted by molar-refractivity contribution is 0.0697. The van der Waals surface area contributed by atoms with Crippen LogP contribution in [0.2, 0.25) is 0 Å². The second-order valence-corrected chi connectivity index (χ2v) is 6.16. The number of amides is 1. The number of ether oxygens (including phenoxy) is 1. The fourth-order valence-corrected chi connectivity index (χ4v) is 2.51. The van der Waals surface area contributed by atoms with Crippen molar-refractivity contribution < 1.29 is 19.7 Å². The van der Waals surface area contributed by atoms with E-state index in [0.717, 1.165) is 21.2 Å². The predicted octanol–water partition coefficient (Wildman–Crippen LogP) is 3.61. The molecule has 0 aliphatic rings. The minimum atomic E-state index is -0.986. The van der Waals surface area contributed by atoms with Gasteiger partial charge in [0.2, 0.25) is 0 Å². The minimum absolute atomic E-state index is 0.0649. The Bertz CT molecular complexity index is 643. The molecule has 0 saturated heterocycles. The largest absolute Gasteiger partial charge is 0.465 e. The van der Waals surface area contributed by atoms with E-state index in [1.54, 1.807) is 0 Å². The summed E-state index contributed by atoms with van der Waals surface area (Å²) < 4.78 is 6.16. The maximum Gasteiger partial charge on any atom is 0.407 e. The van der Waals surface area contributed by atoms with Gasteiger partial charge in [-0.05, 0) is 28.8 Å². The quantitative estimate of drug-likeness (QED) is 0.672. The third-order valence-corrected chi connectivity index (χ3v) is 4.05. The molecule has 0 heterocycles. The number of benzene rings is 2. The van der Waals surface area contributed by atoms with Crippen molar-refractivity contribution in [3.63, 3.8) is 0 Å². The average Bonchev–Trinajstić information content (AvgIpc) is 2.59. The van der Waals surface area contributed by atoms with Gasteiger partial charge < -0.3 is 19.8 Å². The summed E-state index contributed by atoms with van der Waals surface area (Å²) in [6.45, 7) is 0.992. The van der Waals surface area contributed by atoms with Gasteiger partial charge in [0.15, 0.2) is 0 Å². The zero-order chi connectivity index (χ0) is 17.4. The molecule has 0 spiro atoms. The highest BCUT2D eigenvalue weighted by Crippen LogP contribution is 2.22. The second kappa shape index (κ2) is 9.42. The second-order valence-electron chi connectivity index (χ2n) is 5.24. The number of nitrogens with zero attached hydrogens (tertiary/aromatic N) is 1. The molecule has 0 fully saturated rings. The smallest absolute Gasteiger partial charge is 0.407 e. The highest BCUT2D eigenvalue weighted by atomic mass is 79.9. The van der Waals surface area contributed by atoms with Crippen LogP contribution in [0.5, 0.6) is 0 Å². The van der Waals surface area contributed by atoms with Crippen LogP contribution < -0.4 is 0 Å². The zero-order valence-electron chi connectivity index (χ0n) is 13.2. The van der Waals surface area contributed by atoms with E-state index in [-0.39, 0.29) is 26.4 Å². The van der Waals surface area contributed by atoms with E-state index >= 15 is 0 Å². The van der Waals surface area contributed by atoms with Gasteiger partial charge in [0.1, 0.15) is 0 Å². The molecular weight excluding hydrogens is 374 g/mol. The molecule has 2 rings (SSSR count). The van der Waals surface area contributed by atoms with Crippen LogP contribution in [0.4, 0.5) is 4.79 Å². The van der Waals surface area contributed by atoms with Crippen molar-refractivity contribution in [3.05, 3.63) is 58.6 Å². The number of rotatable bonds is 8. The number of hydrogen-bond acceptors (Lipinski definition) is 3. The van der Waals surface area contributed by atoms with Gasteiger partial charge in [-0.3, -0.25) is 0 Å². The van der Waals surface area contributed by atoms with E-state index in [2.05, 4.69) is 15.9 Å². The number of carbonyl (C=O) groups is 1. The summed E-state index contributed by atoms with van der Waals surface area (Å²) in [6, 6.07) is 15.9. The van der Waals surface area contributed by atoms with E-state index in [9.17, 15) is 9.90 Å². The first-order valence-electron chi connectivity index (χ1n) is 7.61. The first-order chi connectivity index (χ1) is 11.6. The molecule has 0 saturated carbocycles. The van der Waals surface area contributed by atoms with Crippen LogP contribution in [0.1, 0.15) is 5.56 Å². The van der Waals surface area contributed by atoms with Gasteiger partial charge in [0, 0.05) is 17.6 Å². The van der Waals surface area contributed by atoms with Crippen molar-refractivity contribution in [3.8, 4) is 11.1 Å². The highest BCUT2D eigenvalue weighted by Gasteiger charge is 2.12. The van der Waals surface area contributed by atoms with Crippen molar-refractivity contribution >= 4 is 22.0 Å². The number of aliphatic hydroxyl groups excluding tert-OH is 1. The maximum atomic E-state index is 11.3. The van der Waals surface area contributed by atoms with Crippen LogP contribution >= 0.6 is 15.9 Å². The zero-order valence-corrected chi connectivity index (χ0v) is 14.8. The number of halogens is 1. The van der Waals surface area contributed by atoms with Crippen LogP contribution in [-0.2, 0) is 11.3 Å². The number of hydrogen-bond donors (Lipinski definition) is 2. The Morgan fingerprint density at radius 2 is 1.58 bits per heavy atom. The Balaban J connectivity index is 1.98. The van der Waals surface area contributed by atoms with Gasteiger partial charge in [0.05, 0.1) is 19.8 Å². The first kappa shape index (κ1) is 18.4. The SMILES string of the molecule is O=C(O)N(CCOCCO)Cc1ccc(-c2ccc(Br)cc2)cc1. The Hall–Kier alpha value is -1.89. The standard InChI is InChI=1S/C18H20BrNO4/c19-17-7-5-16(6-8-17)15-3-1-14(2-4-15)13-20(18(22)23)9-11-24-12-10-21/h1-8,21H,9-13H2,(H,22,23). The third kappa shape index (κ3) is 5.63. The summed E-state index contributed by atoms with van der Waals surface area (Å²) >= 11 is 3.42. The third-order valence-electron chi connectivity index (χ3n) is 3.52. The van der Waals surface area contributed by atoms with Crippen LogP contribution in [0, 0.1) is 0 Å².